The van der Waals surface area contributed by atoms with Gasteiger partial charge in [0.05, 0.1) is 29.9 Å². The lowest BCUT2D eigenvalue weighted by Gasteiger charge is -2.12. The number of fused-ring (bicyclic) bond motifs is 1. The number of nitrogens with one attached hydrogen (secondary N) is 3. The second-order valence-electron chi connectivity index (χ2n) is 9.02. The lowest BCUT2D eigenvalue weighted by atomic mass is 10.2. The Labute approximate surface area is 215 Å². The van der Waals surface area contributed by atoms with Crippen LogP contribution in [0.1, 0.15) is 43.0 Å². The molecule has 0 saturated heterocycles. The second kappa shape index (κ2) is 11.2. The maximum atomic E-state index is 12.2. The third-order valence-electron chi connectivity index (χ3n) is 6.17. The van der Waals surface area contributed by atoms with Crippen molar-refractivity contribution >= 4 is 27.3 Å². The van der Waals surface area contributed by atoms with E-state index in [1.807, 2.05) is 35.2 Å². The van der Waals surface area contributed by atoms with Gasteiger partial charge in [0.1, 0.15) is 11.6 Å². The van der Waals surface area contributed by atoms with E-state index in [1.165, 1.54) is 6.20 Å². The zero-order chi connectivity index (χ0) is 25.7. The van der Waals surface area contributed by atoms with E-state index < -0.39 is 10.0 Å². The minimum absolute atomic E-state index is 0.307. The van der Waals surface area contributed by atoms with Gasteiger partial charge in [-0.15, -0.1) is 9.19 Å². The van der Waals surface area contributed by atoms with Gasteiger partial charge in [0.25, 0.3) is 10.0 Å². The Kier molecular flexibility index (Phi) is 7.60. The predicted octanol–water partition coefficient (Wildman–Crippen LogP) is 1.71. The zero-order valence-corrected chi connectivity index (χ0v) is 21.6. The highest BCUT2D eigenvalue weighted by atomic mass is 32.2. The summed E-state index contributed by atoms with van der Waals surface area (Å²) in [5.41, 5.74) is 3.67. The van der Waals surface area contributed by atoms with E-state index in [0.29, 0.717) is 51.3 Å². The number of ether oxygens (including phenoxy) is 1. The Bertz CT molecular complexity index is 1430. The molecule has 1 aliphatic carbocycles. The fraction of sp³-hybridized carbons (Fsp3) is 0.458. The molecule has 0 atom stereocenters. The molecule has 12 nitrogen and oxygen atoms in total. The van der Waals surface area contributed by atoms with Gasteiger partial charge >= 0.3 is 0 Å². The van der Waals surface area contributed by atoms with Crippen LogP contribution in [0.5, 0.6) is 0 Å². The van der Waals surface area contributed by atoms with Crippen molar-refractivity contribution in [2.24, 2.45) is 0 Å². The first-order chi connectivity index (χ1) is 18.0. The first-order valence-corrected chi connectivity index (χ1v) is 14.1. The minimum atomic E-state index is -3.37. The third-order valence-corrected chi connectivity index (χ3v) is 8.19. The summed E-state index contributed by atoms with van der Waals surface area (Å²) in [5, 5.41) is 18.8. The monoisotopic (exact) mass is 526 g/mol. The van der Waals surface area contributed by atoms with E-state index >= 15 is 0 Å². The van der Waals surface area contributed by atoms with Crippen LogP contribution in [0.4, 0.5) is 11.6 Å². The smallest absolute Gasteiger partial charge is 0.258 e. The summed E-state index contributed by atoms with van der Waals surface area (Å²) in [6.45, 7) is 4.46. The summed E-state index contributed by atoms with van der Waals surface area (Å²) < 4.78 is 32.9. The first kappa shape index (κ1) is 25.1. The molecule has 1 saturated carbocycles. The van der Waals surface area contributed by atoms with Crippen LogP contribution in [-0.4, -0.2) is 62.4 Å². The van der Waals surface area contributed by atoms with Crippen LogP contribution < -0.4 is 15.6 Å². The van der Waals surface area contributed by atoms with Crippen LogP contribution in [0.25, 0.3) is 5.65 Å². The van der Waals surface area contributed by atoms with E-state index in [1.54, 1.807) is 0 Å². The molecule has 0 spiro atoms. The van der Waals surface area contributed by atoms with Crippen LogP contribution >= 0.6 is 0 Å². The molecule has 4 aromatic heterocycles. The molecule has 4 aromatic rings. The Morgan fingerprint density at radius 2 is 2.14 bits per heavy atom. The molecule has 3 N–H and O–H groups in total. The van der Waals surface area contributed by atoms with Crippen molar-refractivity contribution in [2.75, 3.05) is 30.4 Å². The molecule has 0 unspecified atom stereocenters. The van der Waals surface area contributed by atoms with Gasteiger partial charge in [-0.1, -0.05) is 12.1 Å². The van der Waals surface area contributed by atoms with Gasteiger partial charge in [-0.25, -0.2) is 18.4 Å². The molecule has 196 valence electrons. The molecule has 0 amide bonds. The van der Waals surface area contributed by atoms with Gasteiger partial charge in [0.2, 0.25) is 0 Å². The molecular weight excluding hydrogens is 494 g/mol. The number of aromatic amines is 1. The van der Waals surface area contributed by atoms with Crippen molar-refractivity contribution < 1.29 is 18.1 Å². The van der Waals surface area contributed by atoms with E-state index in [-0.39, 0.29) is 5.25 Å². The summed E-state index contributed by atoms with van der Waals surface area (Å²) in [6.07, 6.45) is 10.7. The van der Waals surface area contributed by atoms with Crippen LogP contribution in [0.2, 0.25) is 0 Å². The summed E-state index contributed by atoms with van der Waals surface area (Å²) >= 11 is 0. The quantitative estimate of drug-likeness (QED) is 0.235. The van der Waals surface area contributed by atoms with Gasteiger partial charge in [0, 0.05) is 49.4 Å². The second-order valence-corrected chi connectivity index (χ2v) is 11.1. The van der Waals surface area contributed by atoms with Crippen LogP contribution in [-0.2, 0) is 34.1 Å². The number of rotatable bonds is 14. The Morgan fingerprint density at radius 3 is 2.92 bits per heavy atom. The summed E-state index contributed by atoms with van der Waals surface area (Å²) in [6, 6.07) is 5.99. The SMILES string of the molecule is CCc1cnn2c(NCc3ccc[nH+]c3)cc(NCCCOCCc3cn(S(=O)(=O)C4CC4)nn3)nc12. The largest absolute Gasteiger partial charge is 0.381 e. The Morgan fingerprint density at radius 1 is 1.24 bits per heavy atom. The molecule has 5 rings (SSSR count). The Hall–Kier alpha value is -3.58. The van der Waals surface area contributed by atoms with Crippen molar-refractivity contribution in [1.29, 1.82) is 0 Å². The summed E-state index contributed by atoms with van der Waals surface area (Å²) in [5.74, 6) is 1.64. The molecule has 0 aromatic carbocycles. The minimum Gasteiger partial charge on any atom is -0.381 e. The highest BCUT2D eigenvalue weighted by Crippen LogP contribution is 2.29. The highest BCUT2D eigenvalue weighted by Gasteiger charge is 2.37. The molecule has 0 bridgehead atoms. The van der Waals surface area contributed by atoms with Gasteiger partial charge < -0.3 is 15.4 Å². The average molecular weight is 527 g/mol. The number of aromatic nitrogens is 7. The topological polar surface area (TPSA) is 142 Å². The molecular formula is C24H32N9O3S+. The van der Waals surface area contributed by atoms with Gasteiger partial charge in [-0.05, 0) is 31.7 Å². The van der Waals surface area contributed by atoms with E-state index in [2.05, 4.69) is 44.0 Å². The number of pyridine rings is 1. The number of hydrogen-bond acceptors (Lipinski definition) is 9. The maximum absolute atomic E-state index is 12.2. The van der Waals surface area contributed by atoms with Crippen molar-refractivity contribution in [3.8, 4) is 0 Å². The lowest BCUT2D eigenvalue weighted by Crippen LogP contribution is -2.18. The number of H-pyrrole nitrogens is 1. The van der Waals surface area contributed by atoms with Crippen molar-refractivity contribution in [3.63, 3.8) is 0 Å². The van der Waals surface area contributed by atoms with E-state index in [4.69, 9.17) is 9.72 Å². The molecule has 4 heterocycles. The van der Waals surface area contributed by atoms with Crippen molar-refractivity contribution in [2.45, 2.75) is 50.8 Å². The summed E-state index contributed by atoms with van der Waals surface area (Å²) in [7, 11) is -3.37. The normalized spacial score (nSPS) is 13.8. The van der Waals surface area contributed by atoms with Crippen molar-refractivity contribution in [1.82, 2.24) is 29.0 Å². The highest BCUT2D eigenvalue weighted by molar-refractivity contribution is 7.90. The molecule has 37 heavy (non-hydrogen) atoms. The molecule has 13 heteroatoms. The molecule has 0 radical (unpaired) electrons. The molecule has 0 aliphatic heterocycles. The first-order valence-electron chi connectivity index (χ1n) is 12.6. The summed E-state index contributed by atoms with van der Waals surface area (Å²) in [4.78, 5) is 7.87. The lowest BCUT2D eigenvalue weighted by molar-refractivity contribution is -0.378. The predicted molar refractivity (Wildman–Crippen MR) is 138 cm³/mol. The third kappa shape index (κ3) is 6.05. The van der Waals surface area contributed by atoms with Gasteiger partial charge in [-0.2, -0.15) is 9.61 Å². The maximum Gasteiger partial charge on any atom is 0.258 e. The molecule has 1 fully saturated rings. The van der Waals surface area contributed by atoms with E-state index in [9.17, 15) is 8.42 Å². The van der Waals surface area contributed by atoms with Gasteiger partial charge in [0.15, 0.2) is 18.0 Å². The standard InChI is InChI=1S/C24H31N9O3S/c1-2-19-16-28-33-23(27-15-18-5-3-9-25-14-18)13-22(29-24(19)33)26-10-4-11-36-12-8-20-17-32(31-30-20)37(34,35)21-6-7-21/h3,5,9,13-14,16-17,21,27H,2,4,6-8,10-12,15H2,1H3,(H,26,29)/p+1. The van der Waals surface area contributed by atoms with E-state index in [0.717, 1.165) is 45.3 Å². The van der Waals surface area contributed by atoms with Crippen LogP contribution in [0.3, 0.4) is 0 Å². The van der Waals surface area contributed by atoms with Crippen LogP contribution in [0, 0.1) is 0 Å². The molecule has 1 aliphatic rings. The van der Waals surface area contributed by atoms with Gasteiger partial charge in [-0.3, -0.25) is 0 Å². The average Bonchev–Trinajstić information content (AvgIpc) is 3.53. The fourth-order valence-corrected chi connectivity index (χ4v) is 5.36. The number of hydrogen-bond donors (Lipinski definition) is 2. The van der Waals surface area contributed by atoms with Crippen LogP contribution in [0.15, 0.2) is 43.0 Å². The number of anilines is 2. The Balaban J connectivity index is 1.10. The zero-order valence-electron chi connectivity index (χ0n) is 20.8. The number of aryl methyl sites for hydroxylation is 1. The fourth-order valence-electron chi connectivity index (χ4n) is 3.92. The number of nitrogens with zero attached hydrogens (tertiary/aromatic N) is 6. The van der Waals surface area contributed by atoms with Crippen molar-refractivity contribution in [3.05, 3.63) is 59.8 Å².